The van der Waals surface area contributed by atoms with Crippen molar-refractivity contribution in [3.63, 3.8) is 0 Å². The molecular formula is C17H22N4O. The smallest absolute Gasteiger partial charge is 0.234 e. The Hall–Kier alpha value is -1.59. The van der Waals surface area contributed by atoms with Gasteiger partial charge >= 0.3 is 0 Å². The van der Waals surface area contributed by atoms with Crippen molar-refractivity contribution in [3.05, 3.63) is 23.8 Å². The molecule has 3 N–H and O–H groups in total. The summed E-state index contributed by atoms with van der Waals surface area (Å²) in [4.78, 5) is 14.9. The number of rotatable bonds is 2. The summed E-state index contributed by atoms with van der Waals surface area (Å²) in [5.41, 5.74) is 10.1. The van der Waals surface area contributed by atoms with Crippen LogP contribution in [0.1, 0.15) is 37.3 Å². The zero-order chi connectivity index (χ0) is 14.7. The minimum absolute atomic E-state index is 0.134. The van der Waals surface area contributed by atoms with Gasteiger partial charge in [-0.05, 0) is 61.9 Å². The molecule has 5 rings (SSSR count). The quantitative estimate of drug-likeness (QED) is 0.779. The van der Waals surface area contributed by atoms with Gasteiger partial charge in [0, 0.05) is 18.8 Å². The molecule has 0 aromatic heterocycles. The largest absolute Gasteiger partial charge is 0.321 e. The Kier molecular flexibility index (Phi) is 2.62. The summed E-state index contributed by atoms with van der Waals surface area (Å²) in [7, 11) is 0. The van der Waals surface area contributed by atoms with Crippen LogP contribution in [0.4, 0.5) is 11.4 Å². The highest BCUT2D eigenvalue weighted by molar-refractivity contribution is 6.00. The van der Waals surface area contributed by atoms with Crippen molar-refractivity contribution in [1.82, 2.24) is 10.7 Å². The van der Waals surface area contributed by atoms with E-state index < -0.39 is 0 Å². The van der Waals surface area contributed by atoms with Crippen LogP contribution in [0.15, 0.2) is 18.2 Å². The Bertz CT molecular complexity index is 634. The molecule has 116 valence electrons. The van der Waals surface area contributed by atoms with Crippen molar-refractivity contribution in [2.45, 2.75) is 31.7 Å². The van der Waals surface area contributed by atoms with Gasteiger partial charge in [-0.25, -0.2) is 5.43 Å². The molecule has 1 spiro atoms. The van der Waals surface area contributed by atoms with Crippen LogP contribution in [0.5, 0.6) is 0 Å². The molecule has 0 bridgehead atoms. The van der Waals surface area contributed by atoms with Crippen molar-refractivity contribution in [2.24, 2.45) is 11.3 Å². The third kappa shape index (κ3) is 1.75. The molecule has 5 nitrogen and oxygen atoms in total. The zero-order valence-corrected chi connectivity index (χ0v) is 12.7. The van der Waals surface area contributed by atoms with Gasteiger partial charge in [-0.3, -0.25) is 4.79 Å². The number of nitrogens with one attached hydrogen (secondary N) is 3. The molecule has 5 heteroatoms. The Labute approximate surface area is 130 Å². The highest BCUT2D eigenvalue weighted by atomic mass is 16.2. The van der Waals surface area contributed by atoms with Crippen LogP contribution in [0, 0.1) is 11.3 Å². The molecule has 1 aromatic carbocycles. The topological polar surface area (TPSA) is 56.4 Å². The highest BCUT2D eigenvalue weighted by Crippen LogP contribution is 2.47. The Balaban J connectivity index is 1.46. The first kappa shape index (κ1) is 12.9. The number of anilines is 2. The monoisotopic (exact) mass is 298 g/mol. The number of hydrogen-bond acceptors (Lipinski definition) is 4. The van der Waals surface area contributed by atoms with Crippen molar-refractivity contribution >= 4 is 17.3 Å². The van der Waals surface area contributed by atoms with Gasteiger partial charge in [0.1, 0.15) is 0 Å². The number of fused-ring (bicyclic) bond motifs is 1. The van der Waals surface area contributed by atoms with Crippen LogP contribution in [0.2, 0.25) is 0 Å². The van der Waals surface area contributed by atoms with Gasteiger partial charge in [0.2, 0.25) is 5.91 Å². The number of hydrogen-bond donors (Lipinski definition) is 3. The van der Waals surface area contributed by atoms with Gasteiger partial charge in [0.05, 0.1) is 17.1 Å². The van der Waals surface area contributed by atoms with E-state index >= 15 is 0 Å². The molecule has 1 aliphatic carbocycles. The van der Waals surface area contributed by atoms with Crippen LogP contribution >= 0.6 is 0 Å². The zero-order valence-electron chi connectivity index (χ0n) is 12.7. The first-order valence-electron chi connectivity index (χ1n) is 8.45. The molecule has 2 saturated heterocycles. The molecule has 1 saturated carbocycles. The van der Waals surface area contributed by atoms with Gasteiger partial charge in [-0.1, -0.05) is 0 Å². The maximum Gasteiger partial charge on any atom is 0.234 e. The molecule has 0 radical (unpaired) electrons. The predicted molar refractivity (Wildman–Crippen MR) is 85.6 cm³/mol. The third-order valence-electron chi connectivity index (χ3n) is 5.89. The van der Waals surface area contributed by atoms with E-state index in [1.54, 1.807) is 0 Å². The first-order valence-corrected chi connectivity index (χ1v) is 8.45. The average Bonchev–Trinajstić information content (AvgIpc) is 2.99. The molecule has 22 heavy (non-hydrogen) atoms. The van der Waals surface area contributed by atoms with E-state index in [1.807, 2.05) is 4.90 Å². The molecule has 3 heterocycles. The molecule has 3 fully saturated rings. The number of carbonyl (C=O) groups excluding carboxylic acids is 1. The summed E-state index contributed by atoms with van der Waals surface area (Å²) in [6.45, 7) is 2.68. The normalized spacial score (nSPS) is 33.5. The molecule has 1 unspecified atom stereocenters. The van der Waals surface area contributed by atoms with E-state index in [0.717, 1.165) is 44.1 Å². The maximum atomic E-state index is 12.9. The van der Waals surface area contributed by atoms with E-state index in [9.17, 15) is 4.79 Å². The van der Waals surface area contributed by atoms with E-state index in [-0.39, 0.29) is 5.41 Å². The van der Waals surface area contributed by atoms with E-state index in [4.69, 9.17) is 0 Å². The maximum absolute atomic E-state index is 12.9. The molecular weight excluding hydrogens is 276 g/mol. The van der Waals surface area contributed by atoms with Gasteiger partial charge in [0.25, 0.3) is 0 Å². The number of nitrogens with zero attached hydrogens (tertiary/aromatic N) is 1. The minimum Gasteiger partial charge on any atom is -0.321 e. The Morgan fingerprint density at radius 1 is 1.23 bits per heavy atom. The van der Waals surface area contributed by atoms with Crippen molar-refractivity contribution in [1.29, 1.82) is 0 Å². The van der Waals surface area contributed by atoms with Gasteiger partial charge < -0.3 is 15.6 Å². The minimum atomic E-state index is -0.134. The Morgan fingerprint density at radius 2 is 2.14 bits per heavy atom. The summed E-state index contributed by atoms with van der Waals surface area (Å²) in [6.07, 6.45) is 4.58. The van der Waals surface area contributed by atoms with Crippen LogP contribution in [-0.4, -0.2) is 25.5 Å². The Morgan fingerprint density at radius 3 is 2.91 bits per heavy atom. The van der Waals surface area contributed by atoms with Gasteiger partial charge in [-0.15, -0.1) is 0 Å². The van der Waals surface area contributed by atoms with E-state index in [1.165, 1.54) is 24.1 Å². The lowest BCUT2D eigenvalue weighted by Crippen LogP contribution is -2.36. The van der Waals surface area contributed by atoms with E-state index in [2.05, 4.69) is 34.4 Å². The predicted octanol–water partition coefficient (Wildman–Crippen LogP) is 1.78. The summed E-state index contributed by atoms with van der Waals surface area (Å²) >= 11 is 0. The second-order valence-corrected chi connectivity index (χ2v) is 7.27. The lowest BCUT2D eigenvalue weighted by molar-refractivity contribution is -0.124. The molecule has 4 aliphatic rings. The molecule has 1 aromatic rings. The highest BCUT2D eigenvalue weighted by Gasteiger charge is 2.49. The number of carbonyl (C=O) groups is 1. The molecule has 1 amide bonds. The fourth-order valence-corrected chi connectivity index (χ4v) is 4.33. The number of amides is 1. The van der Waals surface area contributed by atoms with Crippen LogP contribution < -0.4 is 21.1 Å². The van der Waals surface area contributed by atoms with Crippen LogP contribution in [0.3, 0.4) is 0 Å². The average molecular weight is 298 g/mol. The number of hydrazine groups is 1. The fourth-order valence-electron chi connectivity index (χ4n) is 4.33. The van der Waals surface area contributed by atoms with Crippen LogP contribution in [-0.2, 0) is 4.79 Å². The second-order valence-electron chi connectivity index (χ2n) is 7.27. The van der Waals surface area contributed by atoms with Crippen molar-refractivity contribution in [3.8, 4) is 0 Å². The van der Waals surface area contributed by atoms with Crippen molar-refractivity contribution in [2.75, 3.05) is 30.0 Å². The van der Waals surface area contributed by atoms with E-state index in [0.29, 0.717) is 11.9 Å². The lowest BCUT2D eigenvalue weighted by Gasteiger charge is -2.22. The molecule has 2 atom stereocenters. The summed E-state index contributed by atoms with van der Waals surface area (Å²) in [5.74, 6) is 1.07. The summed E-state index contributed by atoms with van der Waals surface area (Å²) in [6, 6.07) is 6.84. The SMILES string of the molecule is O=C1N(c2ccc3c(c2)C(C2CC2)NN3)CC[C@]12CCNC2. The molecule has 3 aliphatic heterocycles. The van der Waals surface area contributed by atoms with Crippen LogP contribution in [0.25, 0.3) is 0 Å². The summed E-state index contributed by atoms with van der Waals surface area (Å²) < 4.78 is 0. The first-order chi connectivity index (χ1) is 10.8. The lowest BCUT2D eigenvalue weighted by atomic mass is 9.86. The standard InChI is InChI=1S/C17H22N4O/c22-16-17(5-7-18-10-17)6-8-21(16)12-3-4-14-13(9-12)15(20-19-14)11-1-2-11/h3-4,9,11,15,18-20H,1-2,5-8,10H2/t15?,17-/m0/s1. The second kappa shape index (κ2) is 4.46. The fraction of sp³-hybridized carbons (Fsp3) is 0.588. The van der Waals surface area contributed by atoms with Crippen molar-refractivity contribution < 1.29 is 4.79 Å². The van der Waals surface area contributed by atoms with Gasteiger partial charge in [-0.2, -0.15) is 0 Å². The third-order valence-corrected chi connectivity index (χ3v) is 5.89. The van der Waals surface area contributed by atoms with Gasteiger partial charge in [0.15, 0.2) is 0 Å². The number of benzene rings is 1. The summed E-state index contributed by atoms with van der Waals surface area (Å²) in [5, 5.41) is 3.36.